The molecule has 0 saturated carbocycles. The van der Waals surface area contributed by atoms with Crippen LogP contribution in [-0.2, 0) is 0 Å². The molecule has 0 radical (unpaired) electrons. The predicted molar refractivity (Wildman–Crippen MR) is 173 cm³/mol. The minimum absolute atomic E-state index is 0.711. The molecule has 8 aromatic rings. The molecule has 0 atom stereocenters. The average Bonchev–Trinajstić information content (AvgIpc) is 3.58. The monoisotopic (exact) mass is 543 g/mol. The van der Waals surface area contributed by atoms with E-state index in [0.717, 1.165) is 33.4 Å². The zero-order valence-corrected chi connectivity index (χ0v) is 23.0. The van der Waals surface area contributed by atoms with Crippen LogP contribution in [0.3, 0.4) is 0 Å². The summed E-state index contributed by atoms with van der Waals surface area (Å²) in [6.07, 6.45) is 0. The van der Waals surface area contributed by atoms with Gasteiger partial charge < -0.3 is 0 Å². The maximum absolute atomic E-state index is 10.7. The quantitative estimate of drug-likeness (QED) is 0.217. The second-order valence-corrected chi connectivity index (χ2v) is 12.2. The fraction of sp³-hybridized carbons (Fsp3) is 0. The Balaban J connectivity index is 1.45. The Morgan fingerprint density at radius 3 is 1.90 bits per heavy atom. The van der Waals surface area contributed by atoms with Gasteiger partial charge in [-0.1, -0.05) is 91.0 Å². The third-order valence-corrected chi connectivity index (χ3v) is 10.0. The van der Waals surface area contributed by atoms with Crippen LogP contribution >= 0.6 is 22.7 Å². The number of nitrogens with zero attached hydrogens (tertiary/aromatic N) is 1. The Kier molecular flexibility index (Phi) is 5.31. The van der Waals surface area contributed by atoms with Crippen LogP contribution in [0.2, 0.25) is 0 Å². The molecule has 0 aliphatic rings. The van der Waals surface area contributed by atoms with Gasteiger partial charge in [0.05, 0.1) is 5.56 Å². The number of rotatable bonds is 3. The van der Waals surface area contributed by atoms with Crippen molar-refractivity contribution in [1.29, 1.82) is 5.26 Å². The van der Waals surface area contributed by atoms with Gasteiger partial charge in [-0.05, 0) is 58.7 Å². The van der Waals surface area contributed by atoms with E-state index < -0.39 is 0 Å². The largest absolute Gasteiger partial charge is 0.192 e. The Morgan fingerprint density at radius 1 is 0.425 bits per heavy atom. The predicted octanol–water partition coefficient (Wildman–Crippen LogP) is 11.3. The van der Waals surface area contributed by atoms with Gasteiger partial charge in [0, 0.05) is 51.5 Å². The highest BCUT2D eigenvalue weighted by atomic mass is 32.1. The maximum atomic E-state index is 10.7. The lowest BCUT2D eigenvalue weighted by atomic mass is 9.87. The molecule has 1 nitrogen and oxygen atoms in total. The number of hydrogen-bond donors (Lipinski definition) is 0. The van der Waals surface area contributed by atoms with Crippen LogP contribution in [0.15, 0.2) is 127 Å². The molecule has 0 amide bonds. The number of hydrogen-bond acceptors (Lipinski definition) is 3. The second kappa shape index (κ2) is 9.17. The van der Waals surface area contributed by atoms with Crippen molar-refractivity contribution in [3.63, 3.8) is 0 Å². The van der Waals surface area contributed by atoms with Crippen molar-refractivity contribution in [2.45, 2.75) is 0 Å². The van der Waals surface area contributed by atoms with Crippen LogP contribution in [0.25, 0.3) is 73.7 Å². The summed E-state index contributed by atoms with van der Waals surface area (Å²) in [5, 5.41) is 15.7. The molecule has 8 rings (SSSR count). The number of benzene rings is 6. The van der Waals surface area contributed by atoms with Gasteiger partial charge in [0.25, 0.3) is 0 Å². The summed E-state index contributed by atoms with van der Waals surface area (Å²) in [7, 11) is 0. The van der Waals surface area contributed by atoms with Gasteiger partial charge >= 0.3 is 0 Å². The van der Waals surface area contributed by atoms with E-state index in [0.29, 0.717) is 5.56 Å². The first kappa shape index (κ1) is 23.2. The first-order valence-electron chi connectivity index (χ1n) is 13.2. The molecule has 2 aromatic heterocycles. The van der Waals surface area contributed by atoms with Crippen LogP contribution in [-0.4, -0.2) is 0 Å². The van der Waals surface area contributed by atoms with Crippen LogP contribution in [0.1, 0.15) is 5.56 Å². The molecule has 0 unspecified atom stereocenters. The van der Waals surface area contributed by atoms with Crippen LogP contribution in [0, 0.1) is 11.3 Å². The van der Waals surface area contributed by atoms with Gasteiger partial charge in [-0.25, -0.2) is 0 Å². The van der Waals surface area contributed by atoms with Crippen LogP contribution in [0.5, 0.6) is 0 Å². The number of thiophene rings is 2. The van der Waals surface area contributed by atoms with Gasteiger partial charge in [0.1, 0.15) is 6.07 Å². The first-order valence-corrected chi connectivity index (χ1v) is 14.9. The molecule has 0 fully saturated rings. The summed E-state index contributed by atoms with van der Waals surface area (Å²) >= 11 is 3.61. The molecule has 0 N–H and O–H groups in total. The zero-order valence-electron chi connectivity index (χ0n) is 21.4. The smallest absolute Gasteiger partial charge is 0.100 e. The summed E-state index contributed by atoms with van der Waals surface area (Å²) in [6, 6.07) is 47.8. The van der Waals surface area contributed by atoms with Crippen molar-refractivity contribution < 1.29 is 0 Å². The molecule has 6 aromatic carbocycles. The fourth-order valence-corrected chi connectivity index (χ4v) is 8.17. The third-order valence-electron chi connectivity index (χ3n) is 7.74. The zero-order chi connectivity index (χ0) is 26.6. The van der Waals surface area contributed by atoms with Gasteiger partial charge in [0.15, 0.2) is 0 Å². The minimum atomic E-state index is 0.711. The summed E-state index contributed by atoms with van der Waals surface area (Å²) in [5.41, 5.74) is 7.07. The van der Waals surface area contributed by atoms with E-state index in [1.54, 1.807) is 11.3 Å². The van der Waals surface area contributed by atoms with Crippen LogP contribution in [0.4, 0.5) is 0 Å². The highest BCUT2D eigenvalue weighted by Gasteiger charge is 2.19. The maximum Gasteiger partial charge on any atom is 0.100 e. The van der Waals surface area contributed by atoms with E-state index in [1.807, 2.05) is 17.4 Å². The van der Waals surface area contributed by atoms with Crippen molar-refractivity contribution in [3.05, 3.63) is 133 Å². The van der Waals surface area contributed by atoms with Gasteiger partial charge in [0.2, 0.25) is 0 Å². The van der Waals surface area contributed by atoms with Crippen molar-refractivity contribution in [3.8, 4) is 39.4 Å². The van der Waals surface area contributed by atoms with Crippen molar-refractivity contribution >= 4 is 63.0 Å². The molecule has 0 saturated heterocycles. The minimum Gasteiger partial charge on any atom is -0.192 e. The Hall–Kier alpha value is -4.75. The highest BCUT2D eigenvalue weighted by Crippen LogP contribution is 2.45. The summed E-state index contributed by atoms with van der Waals surface area (Å²) in [6.45, 7) is 0. The average molecular weight is 544 g/mol. The lowest BCUT2D eigenvalue weighted by Gasteiger charge is -2.15. The summed E-state index contributed by atoms with van der Waals surface area (Å²) in [5.74, 6) is 0. The highest BCUT2D eigenvalue weighted by molar-refractivity contribution is 7.26. The Bertz CT molecular complexity index is 2280. The molecule has 0 spiro atoms. The second-order valence-electron chi connectivity index (χ2n) is 10.0. The Labute approximate surface area is 239 Å². The van der Waals surface area contributed by atoms with Crippen molar-refractivity contribution in [2.75, 3.05) is 0 Å². The fourth-order valence-electron chi connectivity index (χ4n) is 5.89. The molecule has 186 valence electrons. The van der Waals surface area contributed by atoms with E-state index in [4.69, 9.17) is 0 Å². The normalized spacial score (nSPS) is 11.5. The molecule has 2 heterocycles. The molecular weight excluding hydrogens is 523 g/mol. The molecular formula is C37H21NS2. The van der Waals surface area contributed by atoms with E-state index >= 15 is 0 Å². The molecule has 0 bridgehead atoms. The van der Waals surface area contributed by atoms with Crippen molar-refractivity contribution in [2.24, 2.45) is 0 Å². The van der Waals surface area contributed by atoms with Gasteiger partial charge in [-0.15, -0.1) is 22.7 Å². The van der Waals surface area contributed by atoms with Crippen molar-refractivity contribution in [1.82, 2.24) is 0 Å². The number of fused-ring (bicyclic) bond motifs is 6. The molecule has 0 aliphatic heterocycles. The van der Waals surface area contributed by atoms with Gasteiger partial charge in [-0.2, -0.15) is 5.26 Å². The SMILES string of the molecule is N#Cc1c(-c2ccc3c(c2)sc2ccccc23)cc(-c2ccccc2)cc1-c1cccc2sc3ccccc3c12. The summed E-state index contributed by atoms with van der Waals surface area (Å²) < 4.78 is 5.02. The topological polar surface area (TPSA) is 23.8 Å². The molecule has 40 heavy (non-hydrogen) atoms. The standard InChI is InChI=1S/C37H21NS2/c38-22-32-30(24-17-18-27-26-11-4-6-14-33(26)40-36(27)21-24)19-25(23-9-2-1-3-10-23)20-31(32)28-13-8-16-35-37(28)29-12-5-7-15-34(29)39-35/h1-21H. The lowest BCUT2D eigenvalue weighted by Crippen LogP contribution is -1.93. The van der Waals surface area contributed by atoms with Gasteiger partial charge in [-0.3, -0.25) is 0 Å². The molecule has 0 aliphatic carbocycles. The van der Waals surface area contributed by atoms with Crippen LogP contribution < -0.4 is 0 Å². The summed E-state index contributed by atoms with van der Waals surface area (Å²) in [4.78, 5) is 0. The van der Waals surface area contributed by atoms with E-state index in [-0.39, 0.29) is 0 Å². The lowest BCUT2D eigenvalue weighted by molar-refractivity contribution is 1.47. The van der Waals surface area contributed by atoms with E-state index in [9.17, 15) is 5.26 Å². The Morgan fingerprint density at radius 2 is 1.07 bits per heavy atom. The van der Waals surface area contributed by atoms with E-state index in [2.05, 4.69) is 127 Å². The first-order chi connectivity index (χ1) is 19.8. The number of nitriles is 1. The molecule has 3 heteroatoms. The third kappa shape index (κ3) is 3.58. The van der Waals surface area contributed by atoms with E-state index in [1.165, 1.54) is 40.3 Å².